The maximum absolute atomic E-state index is 12.5. The second kappa shape index (κ2) is 9.05. The number of carbonyl (C=O) groups is 1. The van der Waals surface area contributed by atoms with E-state index in [0.29, 0.717) is 13.1 Å². The van der Waals surface area contributed by atoms with Crippen LogP contribution in [0.4, 0.5) is 17.3 Å². The number of pyridine rings is 2. The molecule has 0 saturated carbocycles. The average molecular weight is 365 g/mol. The molecule has 1 aliphatic heterocycles. The van der Waals surface area contributed by atoms with Crippen molar-refractivity contribution in [1.29, 1.82) is 0 Å². The highest BCUT2D eigenvalue weighted by Crippen LogP contribution is 2.14. The summed E-state index contributed by atoms with van der Waals surface area (Å²) in [6, 6.07) is 7.64. The van der Waals surface area contributed by atoms with Crippen LogP contribution in [0.3, 0.4) is 0 Å². The van der Waals surface area contributed by atoms with Gasteiger partial charge in [0.2, 0.25) is 0 Å². The van der Waals surface area contributed by atoms with Gasteiger partial charge in [-0.05, 0) is 35.4 Å². The molecular weight excluding hydrogens is 349 g/mol. The number of rotatable bonds is 2. The van der Waals surface area contributed by atoms with Crippen LogP contribution >= 0.6 is 0 Å². The molecule has 0 atom stereocenters. The molecule has 2 aromatic rings. The fourth-order valence-corrected chi connectivity index (χ4v) is 2.35. The molecule has 1 fully saturated rings. The monoisotopic (exact) mass is 365 g/mol. The number of nitrogens with two attached hydrogens (primary N) is 1. The van der Waals surface area contributed by atoms with Crippen molar-refractivity contribution in [2.45, 2.75) is 0 Å². The van der Waals surface area contributed by atoms with Gasteiger partial charge in [-0.2, -0.15) is 0 Å². The lowest BCUT2D eigenvalue weighted by Gasteiger charge is -2.15. The van der Waals surface area contributed by atoms with E-state index in [0.717, 1.165) is 22.3 Å². The van der Waals surface area contributed by atoms with Crippen molar-refractivity contribution < 1.29 is 27.4 Å². The Morgan fingerprint density at radius 1 is 0.885 bits per heavy atom. The molecule has 0 unspecified atom stereocenters. The summed E-state index contributed by atoms with van der Waals surface area (Å²) in [6.45, 7) is 1.41. The Hall–Kier alpha value is -2.81. The summed E-state index contributed by atoms with van der Waals surface area (Å²) in [4.78, 5) is 20.7. The van der Waals surface area contributed by atoms with Crippen LogP contribution in [0.25, 0.3) is 12.2 Å². The van der Waals surface area contributed by atoms with E-state index in [2.05, 4.69) is 15.3 Å². The van der Waals surface area contributed by atoms with Gasteiger partial charge in [0.15, 0.2) is 5.78 Å². The predicted octanol–water partition coefficient (Wildman–Crippen LogP) is 2.39. The molecule has 2 aromatic heterocycles. The molecule has 0 radical (unpaired) electrons. The van der Waals surface area contributed by atoms with Gasteiger partial charge in [-0.15, -0.1) is 0 Å². The lowest BCUT2D eigenvalue weighted by molar-refractivity contribution is -0.641. The summed E-state index contributed by atoms with van der Waals surface area (Å²) in [7, 11) is -6.00. The standard InChI is InChI=1S/C17H15N3O.BF4/c21-17-15(7-13-3-1-5-18-9-13)11-20-12-16(17)8-14-4-2-6-19-10-14;2-1(3,4)5/h1-10,20H,11-12H2;/q;-1/p+1/b15-7+,16-8+;. The van der Waals surface area contributed by atoms with Crippen molar-refractivity contribution in [3.05, 3.63) is 71.3 Å². The average Bonchev–Trinajstić information content (AvgIpc) is 2.59. The zero-order valence-corrected chi connectivity index (χ0v) is 13.7. The molecule has 26 heavy (non-hydrogen) atoms. The zero-order valence-electron chi connectivity index (χ0n) is 13.7. The maximum atomic E-state index is 12.5. The largest absolute Gasteiger partial charge is 0.673 e. The maximum Gasteiger partial charge on any atom is 0.673 e. The normalized spacial score (nSPS) is 17.8. The van der Waals surface area contributed by atoms with Crippen molar-refractivity contribution >= 4 is 25.2 Å². The quantitative estimate of drug-likeness (QED) is 0.505. The van der Waals surface area contributed by atoms with E-state index in [4.69, 9.17) is 0 Å². The fourth-order valence-electron chi connectivity index (χ4n) is 2.35. The first-order valence-corrected chi connectivity index (χ1v) is 7.78. The van der Waals surface area contributed by atoms with Gasteiger partial charge in [-0.1, -0.05) is 12.1 Å². The number of quaternary nitrogens is 1. The van der Waals surface area contributed by atoms with Gasteiger partial charge < -0.3 is 22.6 Å². The van der Waals surface area contributed by atoms with Crippen molar-refractivity contribution in [2.75, 3.05) is 13.1 Å². The molecule has 9 heteroatoms. The number of halogens is 4. The van der Waals surface area contributed by atoms with Gasteiger partial charge in [-0.3, -0.25) is 14.8 Å². The van der Waals surface area contributed by atoms with Crippen LogP contribution in [0, 0.1) is 0 Å². The number of Topliss-reactive ketones (excluding diaryl/α,β-unsaturated/α-hetero) is 1. The topological polar surface area (TPSA) is 59.5 Å². The Morgan fingerprint density at radius 2 is 1.31 bits per heavy atom. The van der Waals surface area contributed by atoms with Crippen LogP contribution in [0.15, 0.2) is 60.2 Å². The minimum atomic E-state index is -6.00. The van der Waals surface area contributed by atoms with E-state index < -0.39 is 7.25 Å². The van der Waals surface area contributed by atoms with E-state index in [1.807, 2.05) is 36.4 Å². The number of piperidine rings is 1. The van der Waals surface area contributed by atoms with Gasteiger partial charge in [-0.25, -0.2) is 0 Å². The Balaban J connectivity index is 0.000000431. The first-order chi connectivity index (χ1) is 12.3. The number of aromatic nitrogens is 2. The van der Waals surface area contributed by atoms with Crippen molar-refractivity contribution in [2.24, 2.45) is 0 Å². The Kier molecular flexibility index (Phi) is 6.79. The van der Waals surface area contributed by atoms with Gasteiger partial charge in [0.1, 0.15) is 13.1 Å². The molecular formula is C17H16BF4N3O. The molecule has 1 aliphatic rings. The minimum Gasteiger partial charge on any atom is -0.418 e. The van der Waals surface area contributed by atoms with Crippen LogP contribution in [0.1, 0.15) is 11.1 Å². The van der Waals surface area contributed by atoms with Crippen LogP contribution in [-0.2, 0) is 4.79 Å². The number of carbonyl (C=O) groups excluding carboxylic acids is 1. The molecule has 0 aromatic carbocycles. The van der Waals surface area contributed by atoms with Gasteiger partial charge in [0, 0.05) is 24.8 Å². The molecule has 3 heterocycles. The molecule has 0 bridgehead atoms. The molecule has 136 valence electrons. The molecule has 0 aliphatic carbocycles. The number of nitrogens with zero attached hydrogens (tertiary/aromatic N) is 2. The molecule has 2 N–H and O–H groups in total. The third-order valence-electron chi connectivity index (χ3n) is 3.36. The molecule has 1 saturated heterocycles. The van der Waals surface area contributed by atoms with E-state index in [-0.39, 0.29) is 5.78 Å². The molecule has 0 spiro atoms. The summed E-state index contributed by atoms with van der Waals surface area (Å²) >= 11 is 0. The van der Waals surface area contributed by atoms with E-state index in [1.54, 1.807) is 24.8 Å². The van der Waals surface area contributed by atoms with E-state index in [9.17, 15) is 22.1 Å². The zero-order chi connectivity index (χ0) is 19.0. The highest BCUT2D eigenvalue weighted by molar-refractivity contribution is 6.50. The van der Waals surface area contributed by atoms with E-state index in [1.165, 1.54) is 0 Å². The Labute approximate surface area is 147 Å². The number of hydrogen-bond acceptors (Lipinski definition) is 3. The van der Waals surface area contributed by atoms with Crippen LogP contribution in [0.2, 0.25) is 0 Å². The lowest BCUT2D eigenvalue weighted by atomic mass is 9.96. The highest BCUT2D eigenvalue weighted by Gasteiger charge is 2.23. The first kappa shape index (κ1) is 19.5. The third kappa shape index (κ3) is 6.98. The van der Waals surface area contributed by atoms with Crippen LogP contribution < -0.4 is 5.32 Å². The summed E-state index contributed by atoms with van der Waals surface area (Å²) in [6.07, 6.45) is 10.8. The lowest BCUT2D eigenvalue weighted by Crippen LogP contribution is -2.87. The second-order valence-corrected chi connectivity index (χ2v) is 5.43. The van der Waals surface area contributed by atoms with Crippen LogP contribution in [-0.4, -0.2) is 36.1 Å². The second-order valence-electron chi connectivity index (χ2n) is 5.43. The molecule has 0 amide bonds. The highest BCUT2D eigenvalue weighted by atomic mass is 19.5. The minimum absolute atomic E-state index is 0.116. The van der Waals surface area contributed by atoms with Crippen molar-refractivity contribution in [1.82, 2.24) is 9.97 Å². The number of ketones is 1. The molecule has 4 nitrogen and oxygen atoms in total. The summed E-state index contributed by atoms with van der Waals surface area (Å²) in [5.41, 5.74) is 3.53. The third-order valence-corrected chi connectivity index (χ3v) is 3.36. The summed E-state index contributed by atoms with van der Waals surface area (Å²) in [5, 5.41) is 2.13. The summed E-state index contributed by atoms with van der Waals surface area (Å²) < 4.78 is 39.0. The summed E-state index contributed by atoms with van der Waals surface area (Å²) in [5.74, 6) is 0.116. The number of hydrogen-bond donors (Lipinski definition) is 1. The van der Waals surface area contributed by atoms with Gasteiger partial charge in [0.25, 0.3) is 0 Å². The Bertz CT molecular complexity index is 727. The van der Waals surface area contributed by atoms with Crippen molar-refractivity contribution in [3.63, 3.8) is 0 Å². The Morgan fingerprint density at radius 3 is 1.65 bits per heavy atom. The van der Waals surface area contributed by atoms with E-state index >= 15 is 0 Å². The fraction of sp³-hybridized carbons (Fsp3) is 0.118. The van der Waals surface area contributed by atoms with Crippen LogP contribution in [0.5, 0.6) is 0 Å². The predicted molar refractivity (Wildman–Crippen MR) is 91.3 cm³/mol. The van der Waals surface area contributed by atoms with Gasteiger partial charge >= 0.3 is 7.25 Å². The van der Waals surface area contributed by atoms with Gasteiger partial charge in [0.05, 0.1) is 11.1 Å². The smallest absolute Gasteiger partial charge is 0.418 e. The first-order valence-electron chi connectivity index (χ1n) is 7.78. The molecule has 3 rings (SSSR count). The van der Waals surface area contributed by atoms with Crippen molar-refractivity contribution in [3.8, 4) is 0 Å². The SMILES string of the molecule is F[B-](F)(F)F.O=C1/C(=C/c2cccnc2)C[NH2+]C/C1=C\c1cccnc1.